The molecule has 1 aliphatic heterocycles. The molecule has 0 saturated carbocycles. The molecule has 1 aromatic heterocycles. The Balaban J connectivity index is 1.59. The highest BCUT2D eigenvalue weighted by atomic mass is 19.4. The highest BCUT2D eigenvalue weighted by Crippen LogP contribution is 2.27. The smallest absolute Gasteiger partial charge is 0.299 e. The number of nitrogens with zero attached hydrogens (tertiary/aromatic N) is 3. The van der Waals surface area contributed by atoms with E-state index in [0.29, 0.717) is 0 Å². The number of aryl methyl sites for hydroxylation is 1. The van der Waals surface area contributed by atoms with Gasteiger partial charge in [0.05, 0.1) is 0 Å². The molecule has 0 amide bonds. The van der Waals surface area contributed by atoms with Crippen molar-refractivity contribution >= 4 is 0 Å². The van der Waals surface area contributed by atoms with Crippen LogP contribution in [0.3, 0.4) is 0 Å². The van der Waals surface area contributed by atoms with Crippen LogP contribution in [0.5, 0.6) is 0 Å². The van der Waals surface area contributed by atoms with Gasteiger partial charge in [0.25, 0.3) is 5.56 Å². The third kappa shape index (κ3) is 4.52. The van der Waals surface area contributed by atoms with Crippen LogP contribution in [0.2, 0.25) is 0 Å². The second kappa shape index (κ2) is 7.61. The first-order chi connectivity index (χ1) is 12.3. The van der Waals surface area contributed by atoms with Crippen molar-refractivity contribution in [1.29, 1.82) is 0 Å². The Morgan fingerprint density at radius 2 is 1.81 bits per heavy atom. The van der Waals surface area contributed by atoms with Crippen LogP contribution in [0, 0.1) is 12.8 Å². The van der Waals surface area contributed by atoms with Crippen LogP contribution in [0.4, 0.5) is 13.2 Å². The van der Waals surface area contributed by atoms with E-state index in [9.17, 15) is 18.0 Å². The van der Waals surface area contributed by atoms with Gasteiger partial charge >= 0.3 is 6.18 Å². The average Bonchev–Trinajstić information content (AvgIpc) is 2.59. The van der Waals surface area contributed by atoms with Crippen LogP contribution in [0.1, 0.15) is 29.7 Å². The Morgan fingerprint density at radius 1 is 1.12 bits per heavy atom. The van der Waals surface area contributed by atoms with E-state index in [2.05, 4.69) is 29.1 Å². The molecule has 2 aromatic rings. The molecule has 4 nitrogen and oxygen atoms in total. The van der Waals surface area contributed by atoms with Gasteiger partial charge in [0.2, 0.25) is 0 Å². The van der Waals surface area contributed by atoms with E-state index in [1.807, 2.05) is 12.1 Å². The van der Waals surface area contributed by atoms with E-state index in [0.717, 1.165) is 49.3 Å². The average molecular weight is 365 g/mol. The van der Waals surface area contributed by atoms with Crippen LogP contribution in [0.25, 0.3) is 0 Å². The zero-order chi connectivity index (χ0) is 18.7. The third-order valence-corrected chi connectivity index (χ3v) is 4.95. The molecule has 0 bridgehead atoms. The zero-order valence-corrected chi connectivity index (χ0v) is 14.7. The van der Waals surface area contributed by atoms with Gasteiger partial charge in [-0.15, -0.1) is 0 Å². The van der Waals surface area contributed by atoms with Crippen molar-refractivity contribution in [2.45, 2.75) is 39.0 Å². The molecular weight excluding hydrogens is 343 g/mol. The Hall–Kier alpha value is -2.15. The number of aromatic nitrogens is 2. The van der Waals surface area contributed by atoms with Crippen molar-refractivity contribution in [2.75, 3.05) is 13.1 Å². The summed E-state index contributed by atoms with van der Waals surface area (Å²) in [5.41, 5.74) is 1.05. The molecule has 3 rings (SSSR count). The maximum atomic E-state index is 12.8. The Kier molecular flexibility index (Phi) is 5.46. The molecule has 0 unspecified atom stereocenters. The summed E-state index contributed by atoms with van der Waals surface area (Å²) in [5.74, 6) is 0.164. The minimum atomic E-state index is -4.54. The maximum Gasteiger partial charge on any atom is 0.435 e. The van der Waals surface area contributed by atoms with Gasteiger partial charge in [-0.1, -0.05) is 24.3 Å². The SMILES string of the molecule is Cc1ccccc1CN1CCC(Cn2nc(C(F)(F)F)ccc2=O)CC1. The lowest BCUT2D eigenvalue weighted by atomic mass is 9.96. The summed E-state index contributed by atoms with van der Waals surface area (Å²) >= 11 is 0. The van der Waals surface area contributed by atoms with E-state index in [-0.39, 0.29) is 12.5 Å². The molecule has 0 spiro atoms. The Labute approximate surface area is 150 Å². The van der Waals surface area contributed by atoms with Crippen molar-refractivity contribution in [3.05, 3.63) is 63.6 Å². The van der Waals surface area contributed by atoms with Crippen LogP contribution in [-0.2, 0) is 19.3 Å². The minimum absolute atomic E-state index is 0.164. The summed E-state index contributed by atoms with van der Waals surface area (Å²) in [6, 6.07) is 9.94. The number of hydrogen-bond donors (Lipinski definition) is 0. The fraction of sp³-hybridized carbons (Fsp3) is 0.474. The summed E-state index contributed by atoms with van der Waals surface area (Å²) in [7, 11) is 0. The number of rotatable bonds is 4. The summed E-state index contributed by atoms with van der Waals surface area (Å²) in [4.78, 5) is 14.2. The van der Waals surface area contributed by atoms with E-state index in [1.54, 1.807) is 0 Å². The minimum Gasteiger partial charge on any atom is -0.299 e. The lowest BCUT2D eigenvalue weighted by Crippen LogP contribution is -2.37. The van der Waals surface area contributed by atoms with Crippen molar-refractivity contribution in [2.24, 2.45) is 5.92 Å². The Morgan fingerprint density at radius 3 is 2.46 bits per heavy atom. The first-order valence-corrected chi connectivity index (χ1v) is 8.75. The van der Waals surface area contributed by atoms with Gasteiger partial charge in [-0.25, -0.2) is 4.68 Å². The molecule has 1 fully saturated rings. The highest BCUT2D eigenvalue weighted by Gasteiger charge is 2.33. The predicted molar refractivity (Wildman–Crippen MR) is 92.7 cm³/mol. The number of halogens is 3. The molecular formula is C19H22F3N3O. The van der Waals surface area contributed by atoms with E-state index in [1.165, 1.54) is 11.1 Å². The van der Waals surface area contributed by atoms with Gasteiger partial charge in [0.15, 0.2) is 5.69 Å². The van der Waals surface area contributed by atoms with Crippen molar-refractivity contribution < 1.29 is 13.2 Å². The normalized spacial score (nSPS) is 16.8. The summed E-state index contributed by atoms with van der Waals surface area (Å²) in [5, 5.41) is 3.50. The number of likely N-dealkylation sites (tertiary alicyclic amines) is 1. The topological polar surface area (TPSA) is 38.1 Å². The van der Waals surface area contributed by atoms with Crippen LogP contribution >= 0.6 is 0 Å². The van der Waals surface area contributed by atoms with Crippen molar-refractivity contribution in [1.82, 2.24) is 14.7 Å². The third-order valence-electron chi connectivity index (χ3n) is 4.95. The molecule has 2 heterocycles. The summed E-state index contributed by atoms with van der Waals surface area (Å²) in [6.07, 6.45) is -2.85. The van der Waals surface area contributed by atoms with Gasteiger partial charge < -0.3 is 0 Å². The van der Waals surface area contributed by atoms with Crippen molar-refractivity contribution in [3.63, 3.8) is 0 Å². The van der Waals surface area contributed by atoms with Gasteiger partial charge in [0, 0.05) is 19.2 Å². The fourth-order valence-corrected chi connectivity index (χ4v) is 3.33. The fourth-order valence-electron chi connectivity index (χ4n) is 3.33. The second-order valence-corrected chi connectivity index (χ2v) is 6.88. The number of hydrogen-bond acceptors (Lipinski definition) is 3. The number of piperidine rings is 1. The van der Waals surface area contributed by atoms with Gasteiger partial charge in [-0.3, -0.25) is 9.69 Å². The standard InChI is InChI=1S/C19H22F3N3O/c1-14-4-2-3-5-16(14)13-24-10-8-15(9-11-24)12-25-18(26)7-6-17(23-25)19(20,21)22/h2-7,15H,8-13H2,1H3. The highest BCUT2D eigenvalue weighted by molar-refractivity contribution is 5.25. The first-order valence-electron chi connectivity index (χ1n) is 8.75. The van der Waals surface area contributed by atoms with Crippen LogP contribution in [0.15, 0.2) is 41.2 Å². The maximum absolute atomic E-state index is 12.8. The molecule has 1 saturated heterocycles. The van der Waals surface area contributed by atoms with E-state index >= 15 is 0 Å². The van der Waals surface area contributed by atoms with Gasteiger partial charge in [0.1, 0.15) is 0 Å². The molecule has 0 aliphatic carbocycles. The number of alkyl halides is 3. The molecule has 140 valence electrons. The van der Waals surface area contributed by atoms with E-state index < -0.39 is 17.4 Å². The van der Waals surface area contributed by atoms with Gasteiger partial charge in [-0.2, -0.15) is 18.3 Å². The van der Waals surface area contributed by atoms with Crippen molar-refractivity contribution in [3.8, 4) is 0 Å². The molecule has 1 aliphatic rings. The van der Waals surface area contributed by atoms with Crippen LogP contribution < -0.4 is 5.56 Å². The summed E-state index contributed by atoms with van der Waals surface area (Å²) < 4.78 is 39.3. The molecule has 0 N–H and O–H groups in total. The molecule has 7 heteroatoms. The Bertz CT molecular complexity index is 808. The predicted octanol–water partition coefficient (Wildman–Crippen LogP) is 3.48. The van der Waals surface area contributed by atoms with Crippen LogP contribution in [-0.4, -0.2) is 27.8 Å². The monoisotopic (exact) mass is 365 g/mol. The molecule has 0 radical (unpaired) electrons. The molecule has 0 atom stereocenters. The first kappa shape index (κ1) is 18.6. The lowest BCUT2D eigenvalue weighted by molar-refractivity contribution is -0.142. The van der Waals surface area contributed by atoms with Gasteiger partial charge in [-0.05, 0) is 56.0 Å². The summed E-state index contributed by atoms with van der Waals surface area (Å²) in [6.45, 7) is 4.94. The largest absolute Gasteiger partial charge is 0.435 e. The van der Waals surface area contributed by atoms with E-state index in [4.69, 9.17) is 0 Å². The zero-order valence-electron chi connectivity index (χ0n) is 14.7. The number of benzene rings is 1. The quantitative estimate of drug-likeness (QED) is 0.833. The second-order valence-electron chi connectivity index (χ2n) is 6.88. The molecule has 26 heavy (non-hydrogen) atoms. The lowest BCUT2D eigenvalue weighted by Gasteiger charge is -2.32. The molecule has 1 aromatic carbocycles.